The number of esters is 1. The van der Waals surface area contributed by atoms with Crippen molar-refractivity contribution < 1.29 is 19.0 Å². The van der Waals surface area contributed by atoms with E-state index in [-0.39, 0.29) is 11.8 Å². The predicted molar refractivity (Wildman–Crippen MR) is 69.2 cm³/mol. The lowest BCUT2D eigenvalue weighted by molar-refractivity contribution is -0.554. The van der Waals surface area contributed by atoms with Gasteiger partial charge in [0, 0.05) is 20.0 Å². The van der Waals surface area contributed by atoms with Gasteiger partial charge in [0.1, 0.15) is 0 Å². The van der Waals surface area contributed by atoms with E-state index in [1.165, 1.54) is 14.2 Å². The first kappa shape index (κ1) is 15.7. The summed E-state index contributed by atoms with van der Waals surface area (Å²) in [5.41, 5.74) is -0.909. The van der Waals surface area contributed by atoms with E-state index in [1.807, 2.05) is 0 Å². The van der Waals surface area contributed by atoms with Crippen LogP contribution in [0.4, 0.5) is 0 Å². The number of rotatable bonds is 6. The lowest BCUT2D eigenvalue weighted by atomic mass is 10.0. The maximum atomic E-state index is 12.1. The molecular weight excluding hydrogens is 252 g/mol. The molecule has 7 nitrogen and oxygen atoms in total. The number of carbonyl (C=O) groups is 1. The Morgan fingerprint density at radius 3 is 2.53 bits per heavy atom. The van der Waals surface area contributed by atoms with Crippen LogP contribution >= 0.6 is 0 Å². The molecule has 1 unspecified atom stereocenters. The average molecular weight is 273 g/mol. The summed E-state index contributed by atoms with van der Waals surface area (Å²) in [6.45, 7) is 3.33. The van der Waals surface area contributed by atoms with E-state index in [0.29, 0.717) is 35.5 Å². The minimum Gasteiger partial charge on any atom is -0.713 e. The summed E-state index contributed by atoms with van der Waals surface area (Å²) in [5, 5.41) is 24.7. The Kier molecular flexibility index (Phi) is 5.13. The van der Waals surface area contributed by atoms with E-state index in [1.54, 1.807) is 13.8 Å². The molecule has 19 heavy (non-hydrogen) atoms. The van der Waals surface area contributed by atoms with Crippen LogP contribution in [0.3, 0.4) is 0 Å². The largest absolute Gasteiger partial charge is 0.713 e. The van der Waals surface area contributed by atoms with Crippen LogP contribution < -0.4 is 0 Å². The summed E-state index contributed by atoms with van der Waals surface area (Å²) < 4.78 is 10.2. The minimum absolute atomic E-state index is 0.154. The van der Waals surface area contributed by atoms with E-state index in [0.717, 1.165) is 0 Å². The fraction of sp³-hybridized carbons (Fsp3) is 0.833. The Morgan fingerprint density at radius 1 is 1.42 bits per heavy atom. The normalized spacial score (nSPS) is 21.9. The number of hydroxylamine groups is 3. The SMILES string of the molecule is COC(=O)CCCCC1=[N+]([O-])C(OC)C(C)(C)N1[O-]. The highest BCUT2D eigenvalue weighted by Gasteiger charge is 2.48. The van der Waals surface area contributed by atoms with Gasteiger partial charge in [-0.3, -0.25) is 4.79 Å². The minimum atomic E-state index is -0.909. The van der Waals surface area contributed by atoms with Gasteiger partial charge in [-0.2, -0.15) is 0 Å². The number of methoxy groups -OCH3 is 2. The van der Waals surface area contributed by atoms with Crippen molar-refractivity contribution in [1.82, 2.24) is 5.06 Å². The van der Waals surface area contributed by atoms with Gasteiger partial charge in [-0.15, -0.1) is 0 Å². The summed E-state index contributed by atoms with van der Waals surface area (Å²) in [7, 11) is 2.74. The maximum Gasteiger partial charge on any atom is 0.305 e. The molecule has 0 aliphatic carbocycles. The zero-order valence-corrected chi connectivity index (χ0v) is 11.8. The van der Waals surface area contributed by atoms with Gasteiger partial charge < -0.3 is 25.0 Å². The van der Waals surface area contributed by atoms with Gasteiger partial charge in [0.2, 0.25) is 12.1 Å². The van der Waals surface area contributed by atoms with Crippen molar-refractivity contribution in [3.63, 3.8) is 0 Å². The second-order valence-electron chi connectivity index (χ2n) is 5.06. The summed E-state index contributed by atoms with van der Waals surface area (Å²) >= 11 is 0. The summed E-state index contributed by atoms with van der Waals surface area (Å²) in [4.78, 5) is 10.9. The molecule has 1 atom stereocenters. The molecule has 1 heterocycles. The molecule has 0 amide bonds. The number of nitrogens with zero attached hydrogens (tertiary/aromatic N) is 2. The molecule has 0 aromatic rings. The molecule has 0 bridgehead atoms. The molecular formula is C12H21N2O5-. The van der Waals surface area contributed by atoms with Crippen molar-refractivity contribution in [2.75, 3.05) is 14.2 Å². The number of hydrogen-bond acceptors (Lipinski definition) is 6. The number of hydrogen-bond donors (Lipinski definition) is 0. The second-order valence-corrected chi connectivity index (χ2v) is 5.06. The van der Waals surface area contributed by atoms with E-state index in [4.69, 9.17) is 4.74 Å². The highest BCUT2D eigenvalue weighted by Crippen LogP contribution is 2.29. The molecule has 1 rings (SSSR count). The lowest BCUT2D eigenvalue weighted by Gasteiger charge is -2.33. The molecule has 0 fully saturated rings. The molecule has 1 aliphatic rings. The van der Waals surface area contributed by atoms with Crippen molar-refractivity contribution in [2.45, 2.75) is 51.3 Å². The zero-order chi connectivity index (χ0) is 14.6. The molecule has 0 saturated carbocycles. The maximum absolute atomic E-state index is 12.1. The quantitative estimate of drug-likeness (QED) is 0.312. The Bertz CT molecular complexity index is 367. The van der Waals surface area contributed by atoms with Gasteiger partial charge in [-0.1, -0.05) is 0 Å². The van der Waals surface area contributed by atoms with Gasteiger partial charge in [-0.05, 0) is 26.7 Å². The van der Waals surface area contributed by atoms with Crippen LogP contribution in [-0.4, -0.2) is 47.6 Å². The van der Waals surface area contributed by atoms with E-state index in [2.05, 4.69) is 4.74 Å². The molecule has 7 heteroatoms. The number of amidine groups is 1. The van der Waals surface area contributed by atoms with Gasteiger partial charge in [0.15, 0.2) is 5.54 Å². The van der Waals surface area contributed by atoms with Crippen LogP contribution in [0.1, 0.15) is 39.5 Å². The first-order valence-electron chi connectivity index (χ1n) is 6.25. The molecule has 0 N–H and O–H groups in total. The third-order valence-corrected chi connectivity index (χ3v) is 3.31. The van der Waals surface area contributed by atoms with Gasteiger partial charge in [0.05, 0.1) is 7.11 Å². The predicted octanol–water partition coefficient (Wildman–Crippen LogP) is 1.19. The molecule has 0 spiro atoms. The fourth-order valence-corrected chi connectivity index (χ4v) is 2.20. The summed E-state index contributed by atoms with van der Waals surface area (Å²) in [6.07, 6.45) is 0.969. The van der Waals surface area contributed by atoms with Crippen LogP contribution in [0, 0.1) is 10.4 Å². The van der Waals surface area contributed by atoms with Gasteiger partial charge in [0.25, 0.3) is 0 Å². The van der Waals surface area contributed by atoms with Crippen LogP contribution in [0.25, 0.3) is 0 Å². The number of carbonyl (C=O) groups excluding carboxylic acids is 1. The first-order chi connectivity index (χ1) is 8.86. The van der Waals surface area contributed by atoms with Crippen molar-refractivity contribution in [1.29, 1.82) is 0 Å². The Morgan fingerprint density at radius 2 is 2.05 bits per heavy atom. The van der Waals surface area contributed by atoms with Crippen molar-refractivity contribution in [3.05, 3.63) is 10.4 Å². The highest BCUT2D eigenvalue weighted by molar-refractivity contribution is 5.80. The zero-order valence-electron chi connectivity index (χ0n) is 11.8. The highest BCUT2D eigenvalue weighted by atomic mass is 16.6. The number of unbranched alkanes of at least 4 members (excludes halogenated alkanes) is 1. The van der Waals surface area contributed by atoms with E-state index in [9.17, 15) is 15.2 Å². The van der Waals surface area contributed by atoms with Crippen LogP contribution in [0.5, 0.6) is 0 Å². The fourth-order valence-electron chi connectivity index (χ4n) is 2.20. The molecule has 0 aromatic heterocycles. The topological polar surface area (TPSA) is 87.9 Å². The Balaban J connectivity index is 2.57. The molecule has 110 valence electrons. The first-order valence-corrected chi connectivity index (χ1v) is 6.25. The van der Waals surface area contributed by atoms with Gasteiger partial charge >= 0.3 is 5.97 Å². The molecule has 0 aromatic carbocycles. The smallest absolute Gasteiger partial charge is 0.305 e. The van der Waals surface area contributed by atoms with Crippen LogP contribution in [0.2, 0.25) is 0 Å². The average Bonchev–Trinajstić information content (AvgIpc) is 2.53. The lowest BCUT2D eigenvalue weighted by Crippen LogP contribution is -2.47. The monoisotopic (exact) mass is 273 g/mol. The standard InChI is InChI=1S/C12H21N2O5/c1-12(2)11(19-4)13(16)9(14(12)17)7-5-6-8-10(15)18-3/h11H,5-8H2,1-4H3/q-1. The second kappa shape index (κ2) is 6.21. The van der Waals surface area contributed by atoms with Crippen LogP contribution in [0.15, 0.2) is 0 Å². The number of ether oxygens (including phenoxy) is 2. The Hall–Kier alpha value is -1.34. The van der Waals surface area contributed by atoms with E-state index < -0.39 is 11.8 Å². The van der Waals surface area contributed by atoms with Crippen molar-refractivity contribution in [3.8, 4) is 0 Å². The summed E-state index contributed by atoms with van der Waals surface area (Å²) in [5.74, 6) is -0.133. The van der Waals surface area contributed by atoms with Crippen LogP contribution in [-0.2, 0) is 14.3 Å². The third-order valence-electron chi connectivity index (χ3n) is 3.31. The van der Waals surface area contributed by atoms with E-state index >= 15 is 0 Å². The summed E-state index contributed by atoms with van der Waals surface area (Å²) in [6, 6.07) is 0. The molecule has 0 radical (unpaired) electrons. The van der Waals surface area contributed by atoms with Crippen molar-refractivity contribution in [2.24, 2.45) is 0 Å². The third kappa shape index (κ3) is 3.16. The molecule has 0 saturated heterocycles. The molecule has 1 aliphatic heterocycles. The van der Waals surface area contributed by atoms with Crippen molar-refractivity contribution >= 4 is 11.8 Å². The van der Waals surface area contributed by atoms with Gasteiger partial charge in [-0.25, -0.2) is 4.74 Å². The Labute approximate surface area is 112 Å².